The Labute approximate surface area is 157 Å². The summed E-state index contributed by atoms with van der Waals surface area (Å²) in [5, 5.41) is 13.8. The van der Waals surface area contributed by atoms with Crippen LogP contribution in [0.2, 0.25) is 0 Å². The maximum atomic E-state index is 11.9. The molecule has 1 amide bonds. The third-order valence-electron chi connectivity index (χ3n) is 4.67. The Morgan fingerprint density at radius 2 is 1.89 bits per heavy atom. The first-order valence-electron chi connectivity index (χ1n) is 8.93. The first-order chi connectivity index (χ1) is 13.0. The first-order valence-corrected chi connectivity index (χ1v) is 8.93. The highest BCUT2D eigenvalue weighted by Gasteiger charge is 2.29. The molecule has 8 nitrogen and oxygen atoms in total. The molecule has 1 aliphatic heterocycles. The van der Waals surface area contributed by atoms with Gasteiger partial charge in [-0.2, -0.15) is 0 Å². The monoisotopic (exact) mass is 372 g/mol. The van der Waals surface area contributed by atoms with E-state index in [2.05, 4.69) is 10.1 Å². The maximum Gasteiger partial charge on any atom is 0.343 e. The minimum absolute atomic E-state index is 0.0578. The summed E-state index contributed by atoms with van der Waals surface area (Å²) >= 11 is 0. The van der Waals surface area contributed by atoms with Gasteiger partial charge < -0.3 is 19.4 Å². The summed E-state index contributed by atoms with van der Waals surface area (Å²) in [7, 11) is 3.48. The van der Waals surface area contributed by atoms with E-state index in [9.17, 15) is 14.7 Å². The van der Waals surface area contributed by atoms with Crippen LogP contribution >= 0.6 is 0 Å². The van der Waals surface area contributed by atoms with E-state index in [-0.39, 0.29) is 17.2 Å². The molecule has 1 aromatic carbocycles. The van der Waals surface area contributed by atoms with Gasteiger partial charge in [0.25, 0.3) is 0 Å². The van der Waals surface area contributed by atoms with Crippen molar-refractivity contribution in [2.24, 2.45) is 0 Å². The Kier molecular flexibility index (Phi) is 5.75. The van der Waals surface area contributed by atoms with Gasteiger partial charge in [0.05, 0.1) is 6.54 Å². The van der Waals surface area contributed by atoms with E-state index in [4.69, 9.17) is 4.52 Å². The molecule has 1 N–H and O–H groups in total. The zero-order valence-electron chi connectivity index (χ0n) is 15.6. The van der Waals surface area contributed by atoms with E-state index in [1.54, 1.807) is 31.1 Å². The van der Waals surface area contributed by atoms with E-state index >= 15 is 0 Å². The quantitative estimate of drug-likeness (QED) is 0.853. The fourth-order valence-corrected chi connectivity index (χ4v) is 3.15. The zero-order valence-corrected chi connectivity index (χ0v) is 15.6. The fourth-order valence-electron chi connectivity index (χ4n) is 3.15. The third kappa shape index (κ3) is 4.28. The molecule has 2 heterocycles. The molecule has 1 saturated heterocycles. The van der Waals surface area contributed by atoms with Crippen molar-refractivity contribution in [2.45, 2.75) is 6.42 Å². The highest BCUT2D eigenvalue weighted by molar-refractivity contribution is 5.99. The molecule has 8 heteroatoms. The lowest BCUT2D eigenvalue weighted by Gasteiger charge is -2.22. The van der Waals surface area contributed by atoms with Crippen molar-refractivity contribution in [3.8, 4) is 11.3 Å². The Hall–Kier alpha value is -2.87. The predicted molar refractivity (Wildman–Crippen MR) is 101 cm³/mol. The van der Waals surface area contributed by atoms with Gasteiger partial charge in [-0.15, -0.1) is 0 Å². The molecular weight excluding hydrogens is 348 g/mol. The van der Waals surface area contributed by atoms with E-state index in [0.29, 0.717) is 37.6 Å². The van der Waals surface area contributed by atoms with Gasteiger partial charge in [-0.1, -0.05) is 35.5 Å². The maximum absolute atomic E-state index is 11.9. The summed E-state index contributed by atoms with van der Waals surface area (Å²) < 4.78 is 5.41. The van der Waals surface area contributed by atoms with Crippen LogP contribution in [0.15, 0.2) is 34.9 Å². The summed E-state index contributed by atoms with van der Waals surface area (Å²) in [5.74, 6) is -0.388. The average Bonchev–Trinajstić information content (AvgIpc) is 2.97. The molecule has 0 aliphatic carbocycles. The van der Waals surface area contributed by atoms with Gasteiger partial charge >= 0.3 is 5.97 Å². The Morgan fingerprint density at radius 1 is 1.15 bits per heavy atom. The van der Waals surface area contributed by atoms with Crippen LogP contribution in [0.4, 0.5) is 5.82 Å². The zero-order chi connectivity index (χ0) is 19.4. The van der Waals surface area contributed by atoms with Crippen molar-refractivity contribution in [1.82, 2.24) is 15.0 Å². The number of carboxylic acid groups (broad SMARTS) is 1. The van der Waals surface area contributed by atoms with Gasteiger partial charge in [-0.25, -0.2) is 4.79 Å². The van der Waals surface area contributed by atoms with Crippen LogP contribution in [0.5, 0.6) is 0 Å². The minimum Gasteiger partial charge on any atom is -0.477 e. The van der Waals surface area contributed by atoms with Gasteiger partial charge in [0.2, 0.25) is 5.91 Å². The molecule has 0 bridgehead atoms. The Morgan fingerprint density at radius 3 is 2.56 bits per heavy atom. The number of amides is 1. The first kappa shape index (κ1) is 18.9. The van der Waals surface area contributed by atoms with Gasteiger partial charge in [-0.05, 0) is 6.42 Å². The molecule has 0 atom stereocenters. The number of rotatable bonds is 5. The third-order valence-corrected chi connectivity index (χ3v) is 4.67. The number of benzene rings is 1. The highest BCUT2D eigenvalue weighted by atomic mass is 16.5. The second-order valence-electron chi connectivity index (χ2n) is 6.79. The summed E-state index contributed by atoms with van der Waals surface area (Å²) in [5.41, 5.74) is 0.765. The lowest BCUT2D eigenvalue weighted by atomic mass is 10.1. The van der Waals surface area contributed by atoms with Gasteiger partial charge in [0.15, 0.2) is 17.1 Å². The molecule has 3 rings (SSSR count). The van der Waals surface area contributed by atoms with Crippen LogP contribution in [-0.4, -0.2) is 78.8 Å². The number of carbonyl (C=O) groups is 2. The van der Waals surface area contributed by atoms with Crippen LogP contribution in [0.1, 0.15) is 16.8 Å². The topological polar surface area (TPSA) is 90.1 Å². The number of hydrogen-bond acceptors (Lipinski definition) is 6. The van der Waals surface area contributed by atoms with Gasteiger partial charge in [-0.3, -0.25) is 9.69 Å². The number of carbonyl (C=O) groups excluding carboxylic acids is 1. The number of carboxylic acids is 1. The van der Waals surface area contributed by atoms with E-state index in [1.807, 2.05) is 23.1 Å². The number of aromatic carboxylic acids is 1. The van der Waals surface area contributed by atoms with Crippen LogP contribution in [0, 0.1) is 0 Å². The number of hydrogen-bond donors (Lipinski definition) is 1. The molecule has 0 saturated carbocycles. The summed E-state index contributed by atoms with van der Waals surface area (Å²) in [4.78, 5) is 29.4. The second-order valence-corrected chi connectivity index (χ2v) is 6.79. The van der Waals surface area contributed by atoms with Crippen molar-refractivity contribution in [3.63, 3.8) is 0 Å². The summed E-state index contributed by atoms with van der Waals surface area (Å²) in [6.07, 6.45) is 0.813. The predicted octanol–water partition coefficient (Wildman–Crippen LogP) is 1.64. The van der Waals surface area contributed by atoms with Crippen molar-refractivity contribution in [1.29, 1.82) is 0 Å². The normalized spacial score (nSPS) is 15.4. The molecule has 0 radical (unpaired) electrons. The summed E-state index contributed by atoms with van der Waals surface area (Å²) in [6, 6.07) is 9.12. The molecule has 1 aliphatic rings. The fraction of sp³-hybridized carbons (Fsp3) is 0.421. The lowest BCUT2D eigenvalue weighted by Crippen LogP contribution is -2.38. The number of likely N-dealkylation sites (N-methyl/N-ethyl adjacent to an activating group) is 1. The minimum atomic E-state index is -1.06. The smallest absolute Gasteiger partial charge is 0.343 e. The highest BCUT2D eigenvalue weighted by Crippen LogP contribution is 2.31. The Balaban J connectivity index is 1.80. The number of aromatic nitrogens is 1. The van der Waals surface area contributed by atoms with Crippen molar-refractivity contribution in [2.75, 3.05) is 51.7 Å². The summed E-state index contributed by atoms with van der Waals surface area (Å²) in [6.45, 7) is 3.05. The lowest BCUT2D eigenvalue weighted by molar-refractivity contribution is -0.129. The average molecular weight is 372 g/mol. The molecule has 0 spiro atoms. The molecule has 0 unspecified atom stereocenters. The molecule has 1 aromatic heterocycles. The van der Waals surface area contributed by atoms with E-state index in [1.165, 1.54) is 0 Å². The van der Waals surface area contributed by atoms with Gasteiger partial charge in [0.1, 0.15) is 0 Å². The molecule has 144 valence electrons. The van der Waals surface area contributed by atoms with Crippen molar-refractivity contribution in [3.05, 3.63) is 35.9 Å². The largest absolute Gasteiger partial charge is 0.477 e. The number of anilines is 1. The van der Waals surface area contributed by atoms with E-state index < -0.39 is 5.97 Å². The van der Waals surface area contributed by atoms with Crippen LogP contribution in [0.3, 0.4) is 0 Å². The molecular formula is C19H24N4O4. The van der Waals surface area contributed by atoms with Crippen LogP contribution in [-0.2, 0) is 4.79 Å². The van der Waals surface area contributed by atoms with Crippen LogP contribution in [0.25, 0.3) is 11.3 Å². The molecule has 27 heavy (non-hydrogen) atoms. The van der Waals surface area contributed by atoms with Crippen molar-refractivity contribution >= 4 is 17.7 Å². The Bertz CT molecular complexity index is 803. The molecule has 2 aromatic rings. The second kappa shape index (κ2) is 8.22. The van der Waals surface area contributed by atoms with Crippen LogP contribution < -0.4 is 4.90 Å². The van der Waals surface area contributed by atoms with Gasteiger partial charge in [0, 0.05) is 45.8 Å². The van der Waals surface area contributed by atoms with Crippen molar-refractivity contribution < 1.29 is 19.2 Å². The van der Waals surface area contributed by atoms with E-state index in [0.717, 1.165) is 13.0 Å². The standard InChI is InChI=1S/C19H24N4O4/c1-21(2)15(24)13-22-9-6-10-23(12-11-22)18-16(19(25)26)17(27-20-18)14-7-4-3-5-8-14/h3-5,7-8H,6,9-13H2,1-2H3,(H,25,26). The number of nitrogens with zero attached hydrogens (tertiary/aromatic N) is 4. The molecule has 1 fully saturated rings. The SMILES string of the molecule is CN(C)C(=O)CN1CCCN(c2noc(-c3ccccc3)c2C(=O)O)CC1.